The lowest BCUT2D eigenvalue weighted by Gasteiger charge is -2.22. The van der Waals surface area contributed by atoms with Crippen LogP contribution in [0.4, 0.5) is 0 Å². The lowest BCUT2D eigenvalue weighted by molar-refractivity contribution is 0.255. The summed E-state index contributed by atoms with van der Waals surface area (Å²) in [6.07, 6.45) is 6.63. The maximum absolute atomic E-state index is 5.28. The molecule has 4 nitrogen and oxygen atoms in total. The van der Waals surface area contributed by atoms with Crippen molar-refractivity contribution < 1.29 is 0 Å². The molecule has 0 spiro atoms. The van der Waals surface area contributed by atoms with Crippen molar-refractivity contribution in [3.05, 3.63) is 0 Å². The SMILES string of the molecule is NC(N)=NCN1CCCCCCC1. The van der Waals surface area contributed by atoms with Crippen LogP contribution in [0.25, 0.3) is 0 Å². The second-order valence-corrected chi connectivity index (χ2v) is 3.61. The van der Waals surface area contributed by atoms with Gasteiger partial charge in [-0.3, -0.25) is 4.90 Å². The summed E-state index contributed by atoms with van der Waals surface area (Å²) in [6, 6.07) is 0. The van der Waals surface area contributed by atoms with Gasteiger partial charge in [0.15, 0.2) is 5.96 Å². The van der Waals surface area contributed by atoms with Gasteiger partial charge in [-0.25, -0.2) is 4.99 Å². The zero-order valence-electron chi connectivity index (χ0n) is 8.21. The Morgan fingerprint density at radius 1 is 1.00 bits per heavy atom. The quantitative estimate of drug-likeness (QED) is 0.484. The molecule has 0 atom stereocenters. The molecule has 76 valence electrons. The Morgan fingerprint density at radius 2 is 1.54 bits per heavy atom. The molecule has 0 radical (unpaired) electrons. The summed E-state index contributed by atoms with van der Waals surface area (Å²) in [5.41, 5.74) is 10.6. The fourth-order valence-corrected chi connectivity index (χ4v) is 1.64. The second kappa shape index (κ2) is 5.80. The van der Waals surface area contributed by atoms with Crippen LogP contribution in [0.15, 0.2) is 4.99 Å². The molecule has 1 aliphatic heterocycles. The first-order chi connectivity index (χ1) is 6.29. The van der Waals surface area contributed by atoms with Gasteiger partial charge in [-0.15, -0.1) is 0 Å². The highest BCUT2D eigenvalue weighted by atomic mass is 15.2. The highest BCUT2D eigenvalue weighted by Crippen LogP contribution is 2.09. The maximum Gasteiger partial charge on any atom is 0.187 e. The molecular formula is C9H20N4. The van der Waals surface area contributed by atoms with E-state index in [9.17, 15) is 0 Å². The highest BCUT2D eigenvalue weighted by molar-refractivity contribution is 5.75. The van der Waals surface area contributed by atoms with Gasteiger partial charge in [-0.05, 0) is 25.9 Å². The minimum Gasteiger partial charge on any atom is -0.370 e. The molecule has 0 amide bonds. The van der Waals surface area contributed by atoms with Gasteiger partial charge >= 0.3 is 0 Å². The Bertz CT molecular complexity index is 155. The van der Waals surface area contributed by atoms with E-state index in [1.54, 1.807) is 0 Å². The van der Waals surface area contributed by atoms with Crippen molar-refractivity contribution in [2.24, 2.45) is 16.5 Å². The molecule has 4 N–H and O–H groups in total. The Hall–Kier alpha value is -0.770. The first kappa shape index (κ1) is 10.3. The number of hydrogen-bond acceptors (Lipinski definition) is 2. The summed E-state index contributed by atoms with van der Waals surface area (Å²) < 4.78 is 0. The first-order valence-electron chi connectivity index (χ1n) is 5.07. The molecule has 0 aromatic rings. The summed E-state index contributed by atoms with van der Waals surface area (Å²) in [6.45, 7) is 2.94. The second-order valence-electron chi connectivity index (χ2n) is 3.61. The van der Waals surface area contributed by atoms with Crippen LogP contribution in [0.3, 0.4) is 0 Å². The van der Waals surface area contributed by atoms with Gasteiger partial charge in [-0.2, -0.15) is 0 Å². The summed E-state index contributed by atoms with van der Waals surface area (Å²) in [5, 5.41) is 0. The third kappa shape index (κ3) is 4.72. The van der Waals surface area contributed by atoms with Crippen molar-refractivity contribution in [2.75, 3.05) is 19.8 Å². The average Bonchev–Trinajstić information content (AvgIpc) is 2.01. The van der Waals surface area contributed by atoms with Crippen LogP contribution >= 0.6 is 0 Å². The molecule has 0 unspecified atom stereocenters. The fraction of sp³-hybridized carbons (Fsp3) is 0.889. The molecule has 4 heteroatoms. The van der Waals surface area contributed by atoms with Crippen LogP contribution in [-0.4, -0.2) is 30.6 Å². The molecule has 0 aromatic carbocycles. The van der Waals surface area contributed by atoms with Crippen LogP contribution in [0, 0.1) is 0 Å². The maximum atomic E-state index is 5.28. The van der Waals surface area contributed by atoms with E-state index in [1.165, 1.54) is 32.1 Å². The molecular weight excluding hydrogens is 164 g/mol. The largest absolute Gasteiger partial charge is 0.370 e. The molecule has 1 aliphatic rings. The predicted molar refractivity (Wildman–Crippen MR) is 55.3 cm³/mol. The van der Waals surface area contributed by atoms with E-state index >= 15 is 0 Å². The van der Waals surface area contributed by atoms with Gasteiger partial charge < -0.3 is 11.5 Å². The smallest absolute Gasteiger partial charge is 0.187 e. The standard InChI is InChI=1S/C9H20N4/c10-9(11)12-8-13-6-4-2-1-3-5-7-13/h1-8H2,(H4,10,11,12). The van der Waals surface area contributed by atoms with E-state index in [2.05, 4.69) is 9.89 Å². The van der Waals surface area contributed by atoms with Crippen LogP contribution in [0.1, 0.15) is 32.1 Å². The summed E-state index contributed by atoms with van der Waals surface area (Å²) in [5.74, 6) is 0.196. The van der Waals surface area contributed by atoms with Crippen LogP contribution in [0.2, 0.25) is 0 Å². The van der Waals surface area contributed by atoms with E-state index in [-0.39, 0.29) is 5.96 Å². The van der Waals surface area contributed by atoms with Crippen molar-refractivity contribution in [3.8, 4) is 0 Å². The highest BCUT2D eigenvalue weighted by Gasteiger charge is 2.06. The third-order valence-electron chi connectivity index (χ3n) is 2.40. The minimum absolute atomic E-state index is 0.196. The lowest BCUT2D eigenvalue weighted by Crippen LogP contribution is -2.31. The van der Waals surface area contributed by atoms with Gasteiger partial charge in [-0.1, -0.05) is 19.3 Å². The normalized spacial score (nSPS) is 20.3. The minimum atomic E-state index is 0.196. The molecule has 13 heavy (non-hydrogen) atoms. The molecule has 1 heterocycles. The number of hydrogen-bond donors (Lipinski definition) is 2. The van der Waals surface area contributed by atoms with Crippen molar-refractivity contribution in [2.45, 2.75) is 32.1 Å². The van der Waals surface area contributed by atoms with Crippen molar-refractivity contribution in [3.63, 3.8) is 0 Å². The number of aliphatic imine (C=N–C) groups is 1. The van der Waals surface area contributed by atoms with Gasteiger partial charge in [0.1, 0.15) is 0 Å². The van der Waals surface area contributed by atoms with Crippen LogP contribution < -0.4 is 11.5 Å². The molecule has 1 rings (SSSR count). The summed E-state index contributed by atoms with van der Waals surface area (Å²) in [7, 11) is 0. The van der Waals surface area contributed by atoms with Crippen molar-refractivity contribution in [1.82, 2.24) is 4.90 Å². The summed E-state index contributed by atoms with van der Waals surface area (Å²) >= 11 is 0. The van der Waals surface area contributed by atoms with E-state index in [0.717, 1.165) is 13.1 Å². The topological polar surface area (TPSA) is 67.6 Å². The van der Waals surface area contributed by atoms with Gasteiger partial charge in [0.05, 0.1) is 6.67 Å². The number of nitrogens with two attached hydrogens (primary N) is 2. The monoisotopic (exact) mass is 184 g/mol. The third-order valence-corrected chi connectivity index (χ3v) is 2.40. The first-order valence-corrected chi connectivity index (χ1v) is 5.07. The van der Waals surface area contributed by atoms with E-state index in [4.69, 9.17) is 11.5 Å². The zero-order valence-corrected chi connectivity index (χ0v) is 8.21. The number of likely N-dealkylation sites (tertiary alicyclic amines) is 1. The molecule has 1 saturated heterocycles. The van der Waals surface area contributed by atoms with Gasteiger partial charge in [0, 0.05) is 0 Å². The molecule has 0 aromatic heterocycles. The van der Waals surface area contributed by atoms with E-state index in [1.807, 2.05) is 0 Å². The Morgan fingerprint density at radius 3 is 2.08 bits per heavy atom. The van der Waals surface area contributed by atoms with Crippen LogP contribution in [-0.2, 0) is 0 Å². The van der Waals surface area contributed by atoms with Gasteiger partial charge in [0.2, 0.25) is 0 Å². The zero-order chi connectivity index (χ0) is 9.52. The number of nitrogens with zero attached hydrogens (tertiary/aromatic N) is 2. The lowest BCUT2D eigenvalue weighted by atomic mass is 10.1. The summed E-state index contributed by atoms with van der Waals surface area (Å²) in [4.78, 5) is 6.34. The Labute approximate surface area is 80.0 Å². The Kier molecular flexibility index (Phi) is 4.60. The van der Waals surface area contributed by atoms with Gasteiger partial charge in [0.25, 0.3) is 0 Å². The predicted octanol–water partition coefficient (Wildman–Crippen LogP) is 0.483. The Balaban J connectivity index is 2.25. The number of rotatable bonds is 2. The van der Waals surface area contributed by atoms with E-state index in [0.29, 0.717) is 6.67 Å². The molecule has 0 saturated carbocycles. The average molecular weight is 184 g/mol. The molecule has 0 bridgehead atoms. The van der Waals surface area contributed by atoms with Crippen molar-refractivity contribution in [1.29, 1.82) is 0 Å². The molecule has 0 aliphatic carbocycles. The molecule has 1 fully saturated rings. The fourth-order valence-electron chi connectivity index (χ4n) is 1.64. The number of guanidine groups is 1. The van der Waals surface area contributed by atoms with Crippen molar-refractivity contribution >= 4 is 5.96 Å². The van der Waals surface area contributed by atoms with Crippen LogP contribution in [0.5, 0.6) is 0 Å². The van der Waals surface area contributed by atoms with E-state index < -0.39 is 0 Å².